The van der Waals surface area contributed by atoms with Gasteiger partial charge in [0, 0.05) is 16.7 Å². The van der Waals surface area contributed by atoms with Crippen molar-refractivity contribution < 1.29 is 0 Å². The van der Waals surface area contributed by atoms with Crippen LogP contribution in [0.1, 0.15) is 49.3 Å². The quantitative estimate of drug-likeness (QED) is 0.549. The van der Waals surface area contributed by atoms with Crippen LogP contribution in [0, 0.1) is 6.92 Å². The second-order valence-corrected chi connectivity index (χ2v) is 5.84. The molecule has 0 radical (unpaired) electrons. The first-order chi connectivity index (χ1) is 7.25. The molecule has 0 bridgehead atoms. The normalized spacial score (nSPS) is 27.3. The van der Waals surface area contributed by atoms with Crippen LogP contribution in [-0.2, 0) is 0 Å². The van der Waals surface area contributed by atoms with Gasteiger partial charge in [-0.05, 0) is 43.7 Å². The highest BCUT2D eigenvalue weighted by Crippen LogP contribution is 2.34. The minimum absolute atomic E-state index is 0.700. The number of pyridine rings is 1. The van der Waals surface area contributed by atoms with Crippen LogP contribution in [0.25, 0.3) is 0 Å². The number of rotatable bonds is 1. The minimum atomic E-state index is 0.700. The molecule has 15 heavy (non-hydrogen) atoms. The standard InChI is InChI=1S/C13H18BrN/c1-10-6-7-12(9-15-10)11-4-2-3-5-13(14)8-11/h6-7,9,11,13H,2-5,8H2,1H3. The lowest BCUT2D eigenvalue weighted by Gasteiger charge is -2.16. The summed E-state index contributed by atoms with van der Waals surface area (Å²) in [5.74, 6) is 0.713. The molecule has 0 saturated heterocycles. The molecule has 1 aromatic heterocycles. The van der Waals surface area contributed by atoms with Crippen molar-refractivity contribution in [2.75, 3.05) is 0 Å². The summed E-state index contributed by atoms with van der Waals surface area (Å²) in [6.07, 6.45) is 8.71. The molecule has 2 rings (SSSR count). The number of alkyl halides is 1. The van der Waals surface area contributed by atoms with Crippen LogP contribution in [0.15, 0.2) is 18.3 Å². The van der Waals surface area contributed by atoms with Crippen molar-refractivity contribution in [3.8, 4) is 0 Å². The fourth-order valence-corrected chi connectivity index (χ4v) is 3.10. The molecule has 1 aromatic rings. The average molecular weight is 268 g/mol. The number of hydrogen-bond donors (Lipinski definition) is 0. The highest BCUT2D eigenvalue weighted by molar-refractivity contribution is 9.09. The molecular weight excluding hydrogens is 250 g/mol. The molecular formula is C13H18BrN. The molecule has 0 spiro atoms. The Hall–Kier alpha value is -0.370. The van der Waals surface area contributed by atoms with E-state index in [1.165, 1.54) is 37.7 Å². The Balaban J connectivity index is 2.11. The zero-order valence-electron chi connectivity index (χ0n) is 9.25. The SMILES string of the molecule is Cc1ccc(C2CCCCC(Br)C2)cn1. The predicted molar refractivity (Wildman–Crippen MR) is 67.5 cm³/mol. The fraction of sp³-hybridized carbons (Fsp3) is 0.615. The summed E-state index contributed by atoms with van der Waals surface area (Å²) in [5, 5.41) is 0. The van der Waals surface area contributed by atoms with Gasteiger partial charge in [0.25, 0.3) is 0 Å². The van der Waals surface area contributed by atoms with E-state index in [0.29, 0.717) is 10.7 Å². The van der Waals surface area contributed by atoms with Gasteiger partial charge in [-0.3, -0.25) is 4.98 Å². The zero-order valence-corrected chi connectivity index (χ0v) is 10.8. The molecule has 1 nitrogen and oxygen atoms in total. The number of aromatic nitrogens is 1. The summed E-state index contributed by atoms with van der Waals surface area (Å²) < 4.78 is 0. The number of hydrogen-bond acceptors (Lipinski definition) is 1. The molecule has 0 aromatic carbocycles. The van der Waals surface area contributed by atoms with Crippen LogP contribution in [0.5, 0.6) is 0 Å². The molecule has 0 aliphatic heterocycles. The highest BCUT2D eigenvalue weighted by Gasteiger charge is 2.19. The van der Waals surface area contributed by atoms with E-state index in [1.54, 1.807) is 0 Å². The van der Waals surface area contributed by atoms with Crippen LogP contribution in [0.4, 0.5) is 0 Å². The van der Waals surface area contributed by atoms with Gasteiger partial charge in [-0.15, -0.1) is 0 Å². The van der Waals surface area contributed by atoms with Crippen molar-refractivity contribution in [3.63, 3.8) is 0 Å². The van der Waals surface area contributed by atoms with Crippen molar-refractivity contribution in [1.82, 2.24) is 4.98 Å². The second kappa shape index (κ2) is 5.11. The molecule has 82 valence electrons. The van der Waals surface area contributed by atoms with Gasteiger partial charge < -0.3 is 0 Å². The first kappa shape index (κ1) is 11.1. The maximum absolute atomic E-state index is 4.39. The summed E-state index contributed by atoms with van der Waals surface area (Å²) >= 11 is 3.77. The Labute approximate surface area is 100 Å². The summed E-state index contributed by atoms with van der Waals surface area (Å²) in [4.78, 5) is 5.09. The Kier molecular flexibility index (Phi) is 3.79. The third-order valence-corrected chi connectivity index (χ3v) is 4.10. The lowest BCUT2D eigenvalue weighted by Crippen LogP contribution is -2.04. The Morgan fingerprint density at radius 3 is 2.80 bits per heavy atom. The Bertz CT molecular complexity index is 307. The zero-order chi connectivity index (χ0) is 10.7. The van der Waals surface area contributed by atoms with E-state index in [-0.39, 0.29) is 0 Å². The lowest BCUT2D eigenvalue weighted by atomic mass is 9.93. The number of halogens is 1. The summed E-state index contributed by atoms with van der Waals surface area (Å²) in [6.45, 7) is 2.05. The van der Waals surface area contributed by atoms with Gasteiger partial charge in [-0.2, -0.15) is 0 Å². The van der Waals surface area contributed by atoms with E-state index in [0.717, 1.165) is 5.69 Å². The number of aryl methyl sites for hydroxylation is 1. The van der Waals surface area contributed by atoms with Crippen LogP contribution >= 0.6 is 15.9 Å². The molecule has 1 aliphatic carbocycles. The van der Waals surface area contributed by atoms with E-state index in [4.69, 9.17) is 0 Å². The smallest absolute Gasteiger partial charge is 0.0372 e. The molecule has 2 heteroatoms. The van der Waals surface area contributed by atoms with Gasteiger partial charge in [0.1, 0.15) is 0 Å². The van der Waals surface area contributed by atoms with Crippen LogP contribution < -0.4 is 0 Å². The van der Waals surface area contributed by atoms with Crippen molar-refractivity contribution in [2.45, 2.75) is 49.8 Å². The first-order valence-corrected chi connectivity index (χ1v) is 6.74. The largest absolute Gasteiger partial charge is 0.261 e. The molecule has 1 saturated carbocycles. The third kappa shape index (κ3) is 3.04. The molecule has 1 fully saturated rings. The summed E-state index contributed by atoms with van der Waals surface area (Å²) in [7, 11) is 0. The second-order valence-electron chi connectivity index (χ2n) is 4.55. The highest BCUT2D eigenvalue weighted by atomic mass is 79.9. The van der Waals surface area contributed by atoms with E-state index in [2.05, 4.69) is 39.2 Å². The molecule has 1 heterocycles. The predicted octanol–water partition coefficient (Wildman–Crippen LogP) is 4.20. The van der Waals surface area contributed by atoms with Gasteiger partial charge in [-0.1, -0.05) is 34.8 Å². The molecule has 2 atom stereocenters. The van der Waals surface area contributed by atoms with Gasteiger partial charge >= 0.3 is 0 Å². The maximum Gasteiger partial charge on any atom is 0.0372 e. The fourth-order valence-electron chi connectivity index (χ4n) is 2.32. The van der Waals surface area contributed by atoms with Crippen LogP contribution in [0.2, 0.25) is 0 Å². The maximum atomic E-state index is 4.39. The van der Waals surface area contributed by atoms with Crippen molar-refractivity contribution in [2.24, 2.45) is 0 Å². The molecule has 1 aliphatic rings. The lowest BCUT2D eigenvalue weighted by molar-refractivity contribution is 0.597. The van der Waals surface area contributed by atoms with Crippen LogP contribution in [-0.4, -0.2) is 9.81 Å². The van der Waals surface area contributed by atoms with E-state index in [1.807, 2.05) is 6.92 Å². The van der Waals surface area contributed by atoms with E-state index < -0.39 is 0 Å². The Morgan fingerprint density at radius 1 is 1.27 bits per heavy atom. The van der Waals surface area contributed by atoms with Crippen molar-refractivity contribution in [1.29, 1.82) is 0 Å². The minimum Gasteiger partial charge on any atom is -0.261 e. The van der Waals surface area contributed by atoms with E-state index >= 15 is 0 Å². The average Bonchev–Trinajstić information content (AvgIpc) is 2.44. The topological polar surface area (TPSA) is 12.9 Å². The van der Waals surface area contributed by atoms with Gasteiger partial charge in [-0.25, -0.2) is 0 Å². The summed E-state index contributed by atoms with van der Waals surface area (Å²) in [5.41, 5.74) is 2.54. The van der Waals surface area contributed by atoms with Gasteiger partial charge in [0.15, 0.2) is 0 Å². The van der Waals surface area contributed by atoms with Gasteiger partial charge in [0.2, 0.25) is 0 Å². The van der Waals surface area contributed by atoms with Crippen molar-refractivity contribution >= 4 is 15.9 Å². The molecule has 2 unspecified atom stereocenters. The number of nitrogens with zero attached hydrogens (tertiary/aromatic N) is 1. The first-order valence-electron chi connectivity index (χ1n) is 5.82. The van der Waals surface area contributed by atoms with E-state index in [9.17, 15) is 0 Å². The monoisotopic (exact) mass is 267 g/mol. The van der Waals surface area contributed by atoms with Crippen molar-refractivity contribution in [3.05, 3.63) is 29.6 Å². The summed E-state index contributed by atoms with van der Waals surface area (Å²) in [6, 6.07) is 4.38. The third-order valence-electron chi connectivity index (χ3n) is 3.27. The molecule has 0 N–H and O–H groups in total. The Morgan fingerprint density at radius 2 is 2.07 bits per heavy atom. The van der Waals surface area contributed by atoms with Crippen LogP contribution in [0.3, 0.4) is 0 Å². The van der Waals surface area contributed by atoms with Gasteiger partial charge in [0.05, 0.1) is 0 Å². The molecule has 0 amide bonds.